The topological polar surface area (TPSA) is 74.6 Å². The predicted octanol–water partition coefficient (Wildman–Crippen LogP) is -4.40. The van der Waals surface area contributed by atoms with Gasteiger partial charge in [0, 0.05) is 17.1 Å². The van der Waals surface area contributed by atoms with Crippen molar-refractivity contribution in [1.82, 2.24) is 0 Å². The zero-order valence-electron chi connectivity index (χ0n) is 7.18. The van der Waals surface area contributed by atoms with Gasteiger partial charge in [0.25, 0.3) is 0 Å². The van der Waals surface area contributed by atoms with E-state index in [4.69, 9.17) is 15.9 Å². The first-order valence-corrected chi connectivity index (χ1v) is 2.88. The van der Waals surface area contributed by atoms with Gasteiger partial charge in [-0.2, -0.15) is 0 Å². The molecule has 0 saturated heterocycles. The van der Waals surface area contributed by atoms with E-state index in [1.807, 2.05) is 0 Å². The number of hydrogen-bond donors (Lipinski definition) is 2. The van der Waals surface area contributed by atoms with Gasteiger partial charge in [-0.3, -0.25) is 0 Å². The van der Waals surface area contributed by atoms with Gasteiger partial charge in [0.1, 0.15) is 0 Å². The normalized spacial score (nSPS) is 7.25. The Labute approximate surface area is 102 Å². The second kappa shape index (κ2) is 9.34. The summed E-state index contributed by atoms with van der Waals surface area (Å²) in [5.74, 6) is 0. The van der Waals surface area contributed by atoms with Gasteiger partial charge in [-0.05, 0) is 0 Å². The van der Waals surface area contributed by atoms with E-state index in [2.05, 4.69) is 0 Å². The van der Waals surface area contributed by atoms with Crippen molar-refractivity contribution in [1.29, 1.82) is 0 Å². The first-order valence-electron chi connectivity index (χ1n) is 0.698. The molecule has 0 rings (SSSR count). The van der Waals surface area contributed by atoms with Crippen LogP contribution < -0.4 is 29.6 Å². The molecule has 2 N–H and O–H groups in total. The molecule has 0 amide bonds. The van der Waals surface area contributed by atoms with E-state index in [1.54, 1.807) is 0 Å². The molecule has 0 spiro atoms. The van der Waals surface area contributed by atoms with E-state index in [0.717, 1.165) is 0 Å². The summed E-state index contributed by atoms with van der Waals surface area (Å²) in [7, 11) is 0. The Hall–Kier alpha value is 2.34. The van der Waals surface area contributed by atoms with Crippen LogP contribution in [0.5, 0.6) is 0 Å². The Morgan fingerprint density at radius 1 is 1.25 bits per heavy atom. The standard InChI is InChI=1S/Cr.Fe.Mg.Na.2H2O.2O.3H/h;;;;2*1H2;;;;;/q+2;;+2;+1;;;;;3*-1/p-2. The third-order valence-electron chi connectivity index (χ3n) is 0. The summed E-state index contributed by atoms with van der Waals surface area (Å²) in [6.07, 6.45) is 0. The van der Waals surface area contributed by atoms with Crippen molar-refractivity contribution in [3.63, 3.8) is 0 Å². The van der Waals surface area contributed by atoms with Gasteiger partial charge >= 0.3 is 82.1 Å². The van der Waals surface area contributed by atoms with Gasteiger partial charge in [0.05, 0.1) is 0 Å². The molecule has 8 heavy (non-hydrogen) atoms. The number of hydrogen-bond acceptors (Lipinski definition) is 2. The summed E-state index contributed by atoms with van der Waals surface area (Å²) in [5.41, 5.74) is 0. The molecule has 0 aliphatic heterocycles. The Morgan fingerprint density at radius 3 is 1.25 bits per heavy atom. The van der Waals surface area contributed by atoms with Crippen LogP contribution in [0.2, 0.25) is 0 Å². The molecule has 0 aliphatic carbocycles. The van der Waals surface area contributed by atoms with Gasteiger partial charge in [-0.25, -0.2) is 0 Å². The van der Waals surface area contributed by atoms with E-state index in [1.165, 1.54) is 0 Å². The average molecular weight is 224 g/mol. The zero-order valence-corrected chi connectivity index (χ0v) is 9.97. The van der Waals surface area contributed by atoms with Crippen molar-refractivity contribution >= 4 is 23.1 Å². The maximum atomic E-state index is 8.82. The third-order valence-corrected chi connectivity index (χ3v) is 0. The maximum absolute atomic E-state index is 8.82. The molecule has 0 unspecified atom stereocenters. The molecule has 0 aromatic rings. The Balaban J connectivity index is -0.00000000533. The van der Waals surface area contributed by atoms with Crippen LogP contribution in [0.4, 0.5) is 0 Å². The molecular formula is H5CrFeMgNaO4. The van der Waals surface area contributed by atoms with Crippen LogP contribution in [0, 0.1) is 0 Å². The Bertz CT molecular complexity index is 109. The summed E-state index contributed by atoms with van der Waals surface area (Å²) in [6, 6.07) is 0. The molecule has 4 nitrogen and oxygen atoms in total. The number of rotatable bonds is 0. The Morgan fingerprint density at radius 2 is 1.25 bits per heavy atom. The summed E-state index contributed by atoms with van der Waals surface area (Å²) < 4.78 is 31.9. The summed E-state index contributed by atoms with van der Waals surface area (Å²) in [5, 5.41) is 0. The molecule has 8 heteroatoms. The summed E-state index contributed by atoms with van der Waals surface area (Å²) in [6.45, 7) is 0. The first-order chi connectivity index (χ1) is 2.00. The first kappa shape index (κ1) is 22.4. The SMILES string of the molecule is [Fe].[H-].[H-].[H-].[Mg+2].[Na+].[O]=[Cr](=[O])([OH])[OH]. The van der Waals surface area contributed by atoms with Crippen LogP contribution in [0.25, 0.3) is 0 Å². The molecule has 0 aromatic heterocycles. The van der Waals surface area contributed by atoms with Gasteiger partial charge in [0.2, 0.25) is 0 Å². The summed E-state index contributed by atoms with van der Waals surface area (Å²) in [4.78, 5) is 0. The van der Waals surface area contributed by atoms with E-state index in [0.29, 0.717) is 0 Å². The van der Waals surface area contributed by atoms with Gasteiger partial charge in [0.15, 0.2) is 0 Å². The third kappa shape index (κ3) is 82.1. The molecule has 0 bridgehead atoms. The van der Waals surface area contributed by atoms with Crippen LogP contribution in [-0.4, -0.2) is 31.4 Å². The van der Waals surface area contributed by atoms with Crippen molar-refractivity contribution < 1.29 is 80.4 Å². The van der Waals surface area contributed by atoms with Gasteiger partial charge in [-0.15, -0.1) is 0 Å². The Kier molecular flexibility index (Phi) is 26.2. The minimum absolute atomic E-state index is 0. The zero-order chi connectivity index (χ0) is 4.50. The van der Waals surface area contributed by atoms with E-state index in [9.17, 15) is 0 Å². The van der Waals surface area contributed by atoms with Crippen molar-refractivity contribution in [2.24, 2.45) is 0 Å². The van der Waals surface area contributed by atoms with E-state index < -0.39 is 13.6 Å². The molecule has 0 radical (unpaired) electrons. The monoisotopic (exact) mass is 224 g/mol. The van der Waals surface area contributed by atoms with Crippen LogP contribution >= 0.6 is 0 Å². The average Bonchev–Trinajstić information content (AvgIpc) is 0.722. The van der Waals surface area contributed by atoms with Crippen LogP contribution in [0.1, 0.15) is 4.28 Å². The van der Waals surface area contributed by atoms with Gasteiger partial charge < -0.3 is 4.28 Å². The second-order valence-electron chi connectivity index (χ2n) is 0.448. The molecule has 0 saturated carbocycles. The molecule has 0 atom stereocenters. The fourth-order valence-corrected chi connectivity index (χ4v) is 0. The quantitative estimate of drug-likeness (QED) is 0.407. The van der Waals surface area contributed by atoms with Crippen LogP contribution in [0.3, 0.4) is 0 Å². The second-order valence-corrected chi connectivity index (χ2v) is 1.85. The summed E-state index contributed by atoms with van der Waals surface area (Å²) >= 11 is -5.25. The van der Waals surface area contributed by atoms with Gasteiger partial charge in [-0.1, -0.05) is 0 Å². The molecule has 0 aromatic carbocycles. The molecule has 0 heterocycles. The molecule has 0 aliphatic rings. The fraction of sp³-hybridized carbons (Fsp3) is 0. The van der Waals surface area contributed by atoms with E-state index >= 15 is 0 Å². The van der Waals surface area contributed by atoms with Crippen molar-refractivity contribution in [2.75, 3.05) is 0 Å². The molecule has 46 valence electrons. The molecular weight excluding hydrogens is 219 g/mol. The minimum atomic E-state index is -5.25. The fourth-order valence-electron chi connectivity index (χ4n) is 0. The predicted molar refractivity (Wildman–Crippen MR) is 14.9 cm³/mol. The van der Waals surface area contributed by atoms with Crippen molar-refractivity contribution in [2.45, 2.75) is 0 Å². The van der Waals surface area contributed by atoms with Crippen molar-refractivity contribution in [3.05, 3.63) is 0 Å². The van der Waals surface area contributed by atoms with Crippen LogP contribution in [0.15, 0.2) is 0 Å². The van der Waals surface area contributed by atoms with Crippen LogP contribution in [-0.2, 0) is 38.3 Å². The van der Waals surface area contributed by atoms with E-state index in [-0.39, 0.29) is 74.0 Å². The van der Waals surface area contributed by atoms with Crippen molar-refractivity contribution in [3.8, 4) is 0 Å². The molecule has 0 fully saturated rings.